The van der Waals surface area contributed by atoms with Gasteiger partial charge in [0.2, 0.25) is 0 Å². The van der Waals surface area contributed by atoms with E-state index in [0.29, 0.717) is 12.8 Å². The molecule has 0 spiro atoms. The minimum absolute atomic E-state index is 0.0863. The topological polar surface area (TPSA) is 72.8 Å². The highest BCUT2D eigenvalue weighted by molar-refractivity contribution is 5.70. The van der Waals surface area contributed by atoms with Gasteiger partial charge in [-0.1, -0.05) is 165 Å². The van der Waals surface area contributed by atoms with Crippen molar-refractivity contribution in [1.82, 2.24) is 0 Å². The van der Waals surface area contributed by atoms with E-state index in [0.717, 1.165) is 44.9 Å². The van der Waals surface area contributed by atoms with Gasteiger partial charge in [0.15, 0.2) is 6.10 Å². The molecule has 0 aliphatic rings. The molecule has 1 atom stereocenters. The van der Waals surface area contributed by atoms with Gasteiger partial charge in [0.1, 0.15) is 6.61 Å². The van der Waals surface area contributed by atoms with Crippen molar-refractivity contribution in [3.63, 3.8) is 0 Å². The van der Waals surface area contributed by atoms with Crippen molar-refractivity contribution in [2.45, 2.75) is 187 Å². The number of hydrogen-bond donors (Lipinski definition) is 1. The first kappa shape index (κ1) is 43.9. The van der Waals surface area contributed by atoms with Crippen molar-refractivity contribution in [2.24, 2.45) is 0 Å². The molecule has 0 aromatic carbocycles. The van der Waals surface area contributed by atoms with Gasteiger partial charge in [0.05, 0.1) is 6.61 Å². The minimum Gasteiger partial charge on any atom is -0.462 e. The minimum atomic E-state index is -0.797. The van der Waals surface area contributed by atoms with Crippen LogP contribution in [0.5, 0.6) is 0 Å². The van der Waals surface area contributed by atoms with Crippen LogP contribution in [0.15, 0.2) is 48.6 Å². The second kappa shape index (κ2) is 37.3. The highest BCUT2D eigenvalue weighted by atomic mass is 16.6. The molecule has 5 nitrogen and oxygen atoms in total. The quantitative estimate of drug-likeness (QED) is 0.0429. The van der Waals surface area contributed by atoms with Gasteiger partial charge in [-0.05, 0) is 51.4 Å². The maximum atomic E-state index is 12.1. The summed E-state index contributed by atoms with van der Waals surface area (Å²) in [5.41, 5.74) is 0. The number of esters is 2. The summed E-state index contributed by atoms with van der Waals surface area (Å²) in [6, 6.07) is 0. The van der Waals surface area contributed by atoms with Crippen LogP contribution in [-0.4, -0.2) is 36.4 Å². The molecule has 0 aromatic heterocycles. The van der Waals surface area contributed by atoms with E-state index in [1.54, 1.807) is 0 Å². The molecule has 0 aromatic rings. The zero-order valence-corrected chi connectivity index (χ0v) is 30.1. The van der Waals surface area contributed by atoms with Gasteiger partial charge >= 0.3 is 11.9 Å². The molecule has 0 unspecified atom stereocenters. The standard InChI is InChI=1S/C41H72O5/c1-3-5-7-9-11-13-15-17-19-20-22-24-26-28-30-32-34-36-41(44)46-39(37-42)38-45-40(43)35-33-31-29-27-25-23-21-18-16-14-12-10-8-6-4-2/h11,13,17,19,22,24,28,30,39,42H,3-10,12,14-16,18,20-21,23,25-27,29,31-38H2,1-2H3/b13-11+,19-17+,24-22-,30-28+/t39-/m0/s1. The second-order valence-corrected chi connectivity index (χ2v) is 12.7. The summed E-state index contributed by atoms with van der Waals surface area (Å²) in [6.45, 7) is 4.06. The average Bonchev–Trinajstić information content (AvgIpc) is 3.06. The summed E-state index contributed by atoms with van der Waals surface area (Å²) in [4.78, 5) is 24.2. The van der Waals surface area contributed by atoms with Crippen LogP contribution in [0.25, 0.3) is 0 Å². The summed E-state index contributed by atoms with van der Waals surface area (Å²) < 4.78 is 10.6. The highest BCUT2D eigenvalue weighted by Gasteiger charge is 2.15. The molecule has 1 N–H and O–H groups in total. The molecule has 0 saturated carbocycles. The molecule has 0 amide bonds. The van der Waals surface area contributed by atoms with E-state index in [1.165, 1.54) is 103 Å². The molecule has 5 heteroatoms. The van der Waals surface area contributed by atoms with Crippen LogP contribution < -0.4 is 0 Å². The van der Waals surface area contributed by atoms with Gasteiger partial charge in [0, 0.05) is 12.8 Å². The molecule has 0 aliphatic carbocycles. The van der Waals surface area contributed by atoms with E-state index in [-0.39, 0.29) is 31.6 Å². The maximum Gasteiger partial charge on any atom is 0.306 e. The predicted molar refractivity (Wildman–Crippen MR) is 196 cm³/mol. The normalized spacial score (nSPS) is 12.7. The van der Waals surface area contributed by atoms with Crippen molar-refractivity contribution < 1.29 is 24.2 Å². The third-order valence-corrected chi connectivity index (χ3v) is 8.13. The van der Waals surface area contributed by atoms with E-state index < -0.39 is 6.10 Å². The fourth-order valence-electron chi connectivity index (χ4n) is 5.19. The predicted octanol–water partition coefficient (Wildman–Crippen LogP) is 11.8. The molecule has 0 rings (SSSR count). The van der Waals surface area contributed by atoms with Crippen LogP contribution in [0.4, 0.5) is 0 Å². The Bertz CT molecular complexity index is 782. The Hall–Kier alpha value is -2.14. The number of aliphatic hydroxyl groups is 1. The molecular weight excluding hydrogens is 572 g/mol. The van der Waals surface area contributed by atoms with Crippen molar-refractivity contribution in [3.8, 4) is 0 Å². The van der Waals surface area contributed by atoms with Gasteiger partial charge in [-0.2, -0.15) is 0 Å². The number of rotatable bonds is 34. The Labute approximate surface area is 284 Å². The first-order valence-electron chi connectivity index (χ1n) is 19.2. The second-order valence-electron chi connectivity index (χ2n) is 12.7. The van der Waals surface area contributed by atoms with Crippen LogP contribution in [0.3, 0.4) is 0 Å². The van der Waals surface area contributed by atoms with E-state index >= 15 is 0 Å². The zero-order chi connectivity index (χ0) is 33.6. The fourth-order valence-corrected chi connectivity index (χ4v) is 5.19. The fraction of sp³-hybridized carbons (Fsp3) is 0.756. The number of carbonyl (C=O) groups excluding carboxylic acids is 2. The number of allylic oxidation sites excluding steroid dienone is 8. The first-order chi connectivity index (χ1) is 22.6. The van der Waals surface area contributed by atoms with Crippen molar-refractivity contribution >= 4 is 11.9 Å². The van der Waals surface area contributed by atoms with Crippen LogP contribution in [0.1, 0.15) is 181 Å². The van der Waals surface area contributed by atoms with Gasteiger partial charge in [-0.3, -0.25) is 9.59 Å². The number of unbranched alkanes of at least 4 members (excludes halogenated alkanes) is 18. The van der Waals surface area contributed by atoms with Crippen LogP contribution in [0, 0.1) is 0 Å². The van der Waals surface area contributed by atoms with Crippen LogP contribution in [0.2, 0.25) is 0 Å². The molecule has 0 fully saturated rings. The third-order valence-electron chi connectivity index (χ3n) is 8.13. The van der Waals surface area contributed by atoms with Gasteiger partial charge < -0.3 is 14.6 Å². The molecule has 46 heavy (non-hydrogen) atoms. The van der Waals surface area contributed by atoms with Gasteiger partial charge in [-0.15, -0.1) is 0 Å². The molecule has 0 saturated heterocycles. The van der Waals surface area contributed by atoms with Crippen LogP contribution >= 0.6 is 0 Å². The Balaban J connectivity index is 3.66. The smallest absolute Gasteiger partial charge is 0.306 e. The van der Waals surface area contributed by atoms with Gasteiger partial charge in [-0.25, -0.2) is 0 Å². The number of aliphatic hydroxyl groups excluding tert-OH is 1. The number of carbonyl (C=O) groups is 2. The highest BCUT2D eigenvalue weighted by Crippen LogP contribution is 2.14. The molecule has 0 bridgehead atoms. The SMILES string of the molecule is CCCCC/C=C/C/C=C/C/C=C\C/C=C/CCCC(=O)O[C@@H](CO)COC(=O)CCCCCCCCCCCCCCCCC. The lowest BCUT2D eigenvalue weighted by Crippen LogP contribution is -2.28. The van der Waals surface area contributed by atoms with E-state index in [9.17, 15) is 14.7 Å². The lowest BCUT2D eigenvalue weighted by atomic mass is 10.0. The number of ether oxygens (including phenoxy) is 2. The van der Waals surface area contributed by atoms with E-state index in [1.807, 2.05) is 0 Å². The first-order valence-corrected chi connectivity index (χ1v) is 19.2. The average molecular weight is 645 g/mol. The Morgan fingerprint density at radius 3 is 1.37 bits per heavy atom. The third kappa shape index (κ3) is 34.7. The lowest BCUT2D eigenvalue weighted by molar-refractivity contribution is -0.161. The lowest BCUT2D eigenvalue weighted by Gasteiger charge is -2.15. The Morgan fingerprint density at radius 1 is 0.500 bits per heavy atom. The van der Waals surface area contributed by atoms with Gasteiger partial charge in [0.25, 0.3) is 0 Å². The Morgan fingerprint density at radius 2 is 0.891 bits per heavy atom. The molecular formula is C41H72O5. The summed E-state index contributed by atoms with van der Waals surface area (Å²) in [5, 5.41) is 9.53. The summed E-state index contributed by atoms with van der Waals surface area (Å²) >= 11 is 0. The molecule has 0 aliphatic heterocycles. The van der Waals surface area contributed by atoms with Crippen molar-refractivity contribution in [3.05, 3.63) is 48.6 Å². The maximum absolute atomic E-state index is 12.1. The van der Waals surface area contributed by atoms with Crippen LogP contribution in [-0.2, 0) is 19.1 Å². The zero-order valence-electron chi connectivity index (χ0n) is 30.1. The largest absolute Gasteiger partial charge is 0.462 e. The molecule has 0 heterocycles. The van der Waals surface area contributed by atoms with E-state index in [4.69, 9.17) is 9.47 Å². The number of hydrogen-bond acceptors (Lipinski definition) is 5. The summed E-state index contributed by atoms with van der Waals surface area (Å²) in [5.74, 6) is -0.655. The molecule has 266 valence electrons. The summed E-state index contributed by atoms with van der Waals surface area (Å²) in [6.07, 6.45) is 46.0. The van der Waals surface area contributed by atoms with Crippen molar-refractivity contribution in [2.75, 3.05) is 13.2 Å². The Kier molecular flexibility index (Phi) is 35.6. The van der Waals surface area contributed by atoms with E-state index in [2.05, 4.69) is 62.5 Å². The monoisotopic (exact) mass is 645 g/mol. The molecule has 0 radical (unpaired) electrons. The van der Waals surface area contributed by atoms with Crippen molar-refractivity contribution in [1.29, 1.82) is 0 Å². The summed E-state index contributed by atoms with van der Waals surface area (Å²) in [7, 11) is 0.